The Labute approximate surface area is 257 Å². The molecular weight excluding hydrogens is 542 g/mol. The second-order valence-electron chi connectivity index (χ2n) is 13.5. The lowest BCUT2D eigenvalue weighted by atomic mass is 9.80. The lowest BCUT2D eigenvalue weighted by molar-refractivity contribution is 0.131. The first-order chi connectivity index (χ1) is 20.7. The van der Waals surface area contributed by atoms with Gasteiger partial charge in [-0.05, 0) is 87.6 Å². The standard InChI is InChI=1S/C35H52F2N6/c1-7-38-25(3)11-16-40(5)35-30-22-31(36)32(33(37)34(30)41(6)39-35)28-14-17-42(18-15-28)23-27-12-19-43(20-13-27)26(4)29-10-8-9-24(2)21-29/h7,22,24,27-29,38H,1,3-4,8-21,23H2,2,5-6H3/t24-,29?/m1/s1. The van der Waals surface area contributed by atoms with E-state index in [4.69, 9.17) is 0 Å². The van der Waals surface area contributed by atoms with E-state index in [2.05, 4.69) is 46.9 Å². The van der Waals surface area contributed by atoms with Crippen LogP contribution in [0.25, 0.3) is 10.9 Å². The van der Waals surface area contributed by atoms with Gasteiger partial charge in [0.1, 0.15) is 11.3 Å². The largest absolute Gasteiger partial charge is 0.375 e. The zero-order chi connectivity index (χ0) is 30.7. The minimum absolute atomic E-state index is 0.118. The second kappa shape index (κ2) is 13.8. The van der Waals surface area contributed by atoms with E-state index in [-0.39, 0.29) is 11.5 Å². The molecule has 236 valence electrons. The number of piperidine rings is 2. The number of rotatable bonds is 11. The van der Waals surface area contributed by atoms with Gasteiger partial charge in [-0.3, -0.25) is 4.68 Å². The summed E-state index contributed by atoms with van der Waals surface area (Å²) in [4.78, 5) is 7.01. The van der Waals surface area contributed by atoms with Gasteiger partial charge in [-0.1, -0.05) is 39.5 Å². The molecule has 1 aliphatic carbocycles. The van der Waals surface area contributed by atoms with Crippen LogP contribution in [0, 0.1) is 29.4 Å². The van der Waals surface area contributed by atoms with Gasteiger partial charge in [0.15, 0.2) is 11.6 Å². The normalized spacial score (nSPS) is 22.6. The number of fused-ring (bicyclic) bond motifs is 1. The van der Waals surface area contributed by atoms with Gasteiger partial charge in [0.2, 0.25) is 0 Å². The fourth-order valence-corrected chi connectivity index (χ4v) is 7.80. The van der Waals surface area contributed by atoms with Gasteiger partial charge < -0.3 is 20.0 Å². The number of halogens is 2. The molecule has 1 aromatic carbocycles. The van der Waals surface area contributed by atoms with Gasteiger partial charge in [0.05, 0.1) is 5.39 Å². The van der Waals surface area contributed by atoms with Crippen LogP contribution in [0.2, 0.25) is 0 Å². The lowest BCUT2D eigenvalue weighted by Gasteiger charge is -2.41. The van der Waals surface area contributed by atoms with Crippen LogP contribution >= 0.6 is 0 Å². The van der Waals surface area contributed by atoms with Crippen molar-refractivity contribution in [3.63, 3.8) is 0 Å². The SMILES string of the molecule is C=CNC(=C)CCN(C)c1nn(C)c2c(F)c(C3CCN(CC4CCN(C(=C)C5CCC[C@@H](C)C5)CC4)CC3)c(F)cc12. The fourth-order valence-electron chi connectivity index (χ4n) is 7.80. The zero-order valence-electron chi connectivity index (χ0n) is 26.7. The maximum absolute atomic E-state index is 16.0. The van der Waals surface area contributed by atoms with Gasteiger partial charge in [0, 0.05) is 63.7 Å². The number of likely N-dealkylation sites (tertiary alicyclic amines) is 2. The molecule has 0 amide bonds. The molecule has 0 radical (unpaired) electrons. The van der Waals surface area contributed by atoms with E-state index in [0.717, 1.165) is 57.2 Å². The van der Waals surface area contributed by atoms with Crippen LogP contribution in [0.3, 0.4) is 0 Å². The number of hydrogen-bond acceptors (Lipinski definition) is 5. The van der Waals surface area contributed by atoms with Crippen molar-refractivity contribution in [2.75, 3.05) is 51.2 Å². The molecule has 2 aromatic rings. The third-order valence-corrected chi connectivity index (χ3v) is 10.4. The van der Waals surface area contributed by atoms with Crippen molar-refractivity contribution >= 4 is 16.7 Å². The Morgan fingerprint density at radius 1 is 1.09 bits per heavy atom. The maximum Gasteiger partial charge on any atom is 0.158 e. The third-order valence-electron chi connectivity index (χ3n) is 10.4. The Bertz CT molecular complexity index is 1300. The van der Waals surface area contributed by atoms with Crippen molar-refractivity contribution in [3.8, 4) is 0 Å². The van der Waals surface area contributed by atoms with Crippen molar-refractivity contribution < 1.29 is 8.78 Å². The monoisotopic (exact) mass is 594 g/mol. The van der Waals surface area contributed by atoms with Crippen molar-refractivity contribution in [3.05, 3.63) is 60.6 Å². The van der Waals surface area contributed by atoms with E-state index in [1.54, 1.807) is 17.9 Å². The molecular formula is C35H52F2N6. The molecule has 6 nitrogen and oxygen atoms in total. The van der Waals surface area contributed by atoms with Gasteiger partial charge >= 0.3 is 0 Å². The molecule has 1 saturated carbocycles. The third kappa shape index (κ3) is 7.11. The molecule has 1 aromatic heterocycles. The van der Waals surface area contributed by atoms with Crippen LogP contribution in [-0.4, -0.2) is 65.9 Å². The quantitative estimate of drug-likeness (QED) is 0.299. The summed E-state index contributed by atoms with van der Waals surface area (Å²) in [6.45, 7) is 20.2. The molecule has 1 N–H and O–H groups in total. The smallest absolute Gasteiger partial charge is 0.158 e. The van der Waals surface area contributed by atoms with Crippen LogP contribution in [0.1, 0.15) is 76.2 Å². The molecule has 0 bridgehead atoms. The van der Waals surface area contributed by atoms with Crippen LogP contribution in [-0.2, 0) is 7.05 Å². The number of allylic oxidation sites excluding steroid dienone is 1. The predicted octanol–water partition coefficient (Wildman–Crippen LogP) is 7.16. The van der Waals surface area contributed by atoms with E-state index < -0.39 is 11.6 Å². The minimum Gasteiger partial charge on any atom is -0.375 e. The average molecular weight is 595 g/mol. The number of nitrogens with zero attached hydrogens (tertiary/aromatic N) is 5. The van der Waals surface area contributed by atoms with E-state index in [9.17, 15) is 0 Å². The average Bonchev–Trinajstić information content (AvgIpc) is 3.33. The Hall–Kier alpha value is -2.87. The molecule has 43 heavy (non-hydrogen) atoms. The van der Waals surface area contributed by atoms with Crippen LogP contribution in [0.15, 0.2) is 43.4 Å². The number of nitrogens with one attached hydrogen (secondary N) is 1. The Kier molecular flexibility index (Phi) is 10.2. The molecule has 5 rings (SSSR count). The number of aromatic nitrogens is 2. The topological polar surface area (TPSA) is 39.6 Å². The Morgan fingerprint density at radius 3 is 2.49 bits per heavy atom. The summed E-state index contributed by atoms with van der Waals surface area (Å²) in [5.74, 6) is 1.72. The highest BCUT2D eigenvalue weighted by Gasteiger charge is 2.32. The van der Waals surface area contributed by atoms with E-state index in [0.29, 0.717) is 41.5 Å². The first-order valence-electron chi connectivity index (χ1n) is 16.4. The summed E-state index contributed by atoms with van der Waals surface area (Å²) in [5.41, 5.74) is 2.82. The van der Waals surface area contributed by atoms with E-state index in [1.807, 2.05) is 11.9 Å². The highest BCUT2D eigenvalue weighted by atomic mass is 19.1. The van der Waals surface area contributed by atoms with Gasteiger partial charge in [-0.15, -0.1) is 0 Å². The van der Waals surface area contributed by atoms with Crippen LogP contribution < -0.4 is 10.2 Å². The predicted molar refractivity (Wildman–Crippen MR) is 174 cm³/mol. The van der Waals surface area contributed by atoms with Crippen molar-refractivity contribution in [2.24, 2.45) is 24.8 Å². The molecule has 8 heteroatoms. The molecule has 3 heterocycles. The molecule has 3 fully saturated rings. The summed E-state index contributed by atoms with van der Waals surface area (Å²) < 4.78 is 33.2. The molecule has 0 spiro atoms. The Morgan fingerprint density at radius 2 is 1.81 bits per heavy atom. The lowest BCUT2D eigenvalue weighted by Crippen LogP contribution is -2.42. The van der Waals surface area contributed by atoms with Crippen molar-refractivity contribution in [1.82, 2.24) is 24.9 Å². The van der Waals surface area contributed by atoms with Crippen LogP contribution in [0.5, 0.6) is 0 Å². The number of hydrogen-bond donors (Lipinski definition) is 1. The summed E-state index contributed by atoms with van der Waals surface area (Å²) >= 11 is 0. The molecule has 1 unspecified atom stereocenters. The number of benzene rings is 1. The molecule has 3 aliphatic rings. The van der Waals surface area contributed by atoms with Gasteiger partial charge in [-0.25, -0.2) is 8.78 Å². The molecule has 2 atom stereocenters. The van der Waals surface area contributed by atoms with Crippen LogP contribution in [0.4, 0.5) is 14.6 Å². The first-order valence-corrected chi connectivity index (χ1v) is 16.4. The first kappa shape index (κ1) is 31.6. The summed E-state index contributed by atoms with van der Waals surface area (Å²) in [7, 11) is 3.63. The highest BCUT2D eigenvalue weighted by Crippen LogP contribution is 2.39. The van der Waals surface area contributed by atoms with Crippen molar-refractivity contribution in [2.45, 2.75) is 70.6 Å². The number of aryl methyl sites for hydroxylation is 1. The summed E-state index contributed by atoms with van der Waals surface area (Å²) in [6, 6.07) is 1.49. The fraction of sp³-hybridized carbons (Fsp3) is 0.629. The highest BCUT2D eigenvalue weighted by molar-refractivity contribution is 5.91. The van der Waals surface area contributed by atoms with Gasteiger partial charge in [-0.2, -0.15) is 5.10 Å². The Balaban J connectivity index is 1.16. The molecule has 2 saturated heterocycles. The summed E-state index contributed by atoms with van der Waals surface area (Å²) in [6.07, 6.45) is 11.5. The minimum atomic E-state index is -0.458. The number of anilines is 1. The summed E-state index contributed by atoms with van der Waals surface area (Å²) in [5, 5.41) is 8.07. The van der Waals surface area contributed by atoms with Crippen molar-refractivity contribution in [1.29, 1.82) is 0 Å². The van der Waals surface area contributed by atoms with Gasteiger partial charge in [0.25, 0.3) is 0 Å². The van der Waals surface area contributed by atoms with E-state index in [1.165, 1.54) is 50.3 Å². The van der Waals surface area contributed by atoms with E-state index >= 15 is 8.78 Å². The maximum atomic E-state index is 16.0. The molecule has 2 aliphatic heterocycles. The second-order valence-corrected chi connectivity index (χ2v) is 13.5. The zero-order valence-corrected chi connectivity index (χ0v) is 26.7.